The van der Waals surface area contributed by atoms with Crippen LogP contribution in [0.1, 0.15) is 36.8 Å². The van der Waals surface area contributed by atoms with Gasteiger partial charge in [-0.25, -0.2) is 4.79 Å². The van der Waals surface area contributed by atoms with Crippen molar-refractivity contribution in [3.05, 3.63) is 71.8 Å². The minimum absolute atomic E-state index is 0.0677. The lowest BCUT2D eigenvalue weighted by atomic mass is 10.0. The van der Waals surface area contributed by atoms with Crippen molar-refractivity contribution in [1.29, 1.82) is 0 Å². The van der Waals surface area contributed by atoms with E-state index in [-0.39, 0.29) is 19.3 Å². The van der Waals surface area contributed by atoms with Crippen molar-refractivity contribution in [3.8, 4) is 0 Å². The van der Waals surface area contributed by atoms with Gasteiger partial charge in [0.15, 0.2) is 0 Å². The largest absolute Gasteiger partial charge is 0.480 e. The summed E-state index contributed by atoms with van der Waals surface area (Å²) in [5.74, 6) is -4.11. The Labute approximate surface area is 233 Å². The van der Waals surface area contributed by atoms with Crippen molar-refractivity contribution in [3.63, 3.8) is 0 Å². The fourth-order valence-electron chi connectivity index (χ4n) is 4.00. The van der Waals surface area contributed by atoms with Crippen molar-refractivity contribution in [2.45, 2.75) is 62.7 Å². The zero-order valence-corrected chi connectivity index (χ0v) is 22.3. The van der Waals surface area contributed by atoms with E-state index in [0.29, 0.717) is 19.4 Å². The van der Waals surface area contributed by atoms with Gasteiger partial charge in [-0.15, -0.1) is 0 Å². The average Bonchev–Trinajstić information content (AvgIpc) is 2.92. The van der Waals surface area contributed by atoms with Crippen LogP contribution in [0.15, 0.2) is 60.7 Å². The van der Waals surface area contributed by atoms with Crippen LogP contribution in [0, 0.1) is 0 Å². The molecule has 0 bridgehead atoms. The first-order chi connectivity index (χ1) is 19.1. The van der Waals surface area contributed by atoms with Gasteiger partial charge in [0.05, 0.1) is 12.5 Å². The SMILES string of the molecule is NCCCCC(NC(=O)C(Cc1ccccc1)NC(=O)C(Cc1ccccc1)NC(=O)C(N)CC(N)=O)C(=O)O. The number of carboxylic acid groups (broad SMARTS) is 1. The van der Waals surface area contributed by atoms with Crippen molar-refractivity contribution in [2.24, 2.45) is 17.2 Å². The first-order valence-corrected chi connectivity index (χ1v) is 13.1. The number of nitrogens with two attached hydrogens (primary N) is 3. The highest BCUT2D eigenvalue weighted by Crippen LogP contribution is 2.09. The predicted octanol–water partition coefficient (Wildman–Crippen LogP) is -0.657. The highest BCUT2D eigenvalue weighted by Gasteiger charge is 2.31. The van der Waals surface area contributed by atoms with Gasteiger partial charge in [-0.1, -0.05) is 60.7 Å². The smallest absolute Gasteiger partial charge is 0.326 e. The van der Waals surface area contributed by atoms with Crippen molar-refractivity contribution >= 4 is 29.6 Å². The van der Waals surface area contributed by atoms with Gasteiger partial charge >= 0.3 is 5.97 Å². The van der Waals surface area contributed by atoms with Gasteiger partial charge < -0.3 is 38.3 Å². The first kappa shape index (κ1) is 31.9. The molecule has 0 fully saturated rings. The van der Waals surface area contributed by atoms with Crippen LogP contribution in [-0.4, -0.2) is 65.4 Å². The quantitative estimate of drug-likeness (QED) is 0.124. The Morgan fingerprint density at radius 3 is 1.57 bits per heavy atom. The number of aliphatic carboxylic acids is 1. The summed E-state index contributed by atoms with van der Waals surface area (Å²) >= 11 is 0. The predicted molar refractivity (Wildman–Crippen MR) is 148 cm³/mol. The molecule has 0 saturated carbocycles. The molecular formula is C28H38N6O6. The number of hydrogen-bond acceptors (Lipinski definition) is 7. The number of rotatable bonds is 17. The molecule has 216 valence electrons. The van der Waals surface area contributed by atoms with Gasteiger partial charge in [-0.3, -0.25) is 19.2 Å². The average molecular weight is 555 g/mol. The Balaban J connectivity index is 2.28. The molecule has 4 amide bonds. The van der Waals surface area contributed by atoms with E-state index in [0.717, 1.165) is 11.1 Å². The molecular weight excluding hydrogens is 516 g/mol. The number of carbonyl (C=O) groups is 5. The van der Waals surface area contributed by atoms with E-state index in [1.165, 1.54) is 0 Å². The summed E-state index contributed by atoms with van der Waals surface area (Å²) in [7, 11) is 0. The van der Waals surface area contributed by atoms with E-state index in [9.17, 15) is 29.1 Å². The number of unbranched alkanes of at least 4 members (excludes halogenated alkanes) is 1. The monoisotopic (exact) mass is 554 g/mol. The van der Waals surface area contributed by atoms with Gasteiger partial charge in [-0.05, 0) is 36.9 Å². The normalized spacial score (nSPS) is 13.8. The molecule has 0 spiro atoms. The molecule has 0 aliphatic carbocycles. The molecule has 0 radical (unpaired) electrons. The molecule has 0 aliphatic rings. The van der Waals surface area contributed by atoms with Crippen molar-refractivity contribution in [1.82, 2.24) is 16.0 Å². The number of hydrogen-bond donors (Lipinski definition) is 7. The van der Waals surface area contributed by atoms with E-state index in [1.54, 1.807) is 60.7 Å². The Hall–Kier alpha value is -4.29. The zero-order chi connectivity index (χ0) is 29.5. The molecule has 4 atom stereocenters. The van der Waals surface area contributed by atoms with Gasteiger partial charge in [0.1, 0.15) is 18.1 Å². The molecule has 12 heteroatoms. The number of nitrogens with one attached hydrogen (secondary N) is 3. The summed E-state index contributed by atoms with van der Waals surface area (Å²) in [5.41, 5.74) is 17.9. The van der Waals surface area contributed by atoms with Crippen LogP contribution in [0.25, 0.3) is 0 Å². The first-order valence-electron chi connectivity index (χ1n) is 13.1. The van der Waals surface area contributed by atoms with Gasteiger partial charge in [0, 0.05) is 12.8 Å². The summed E-state index contributed by atoms with van der Waals surface area (Å²) in [4.78, 5) is 62.5. The Kier molecular flexibility index (Phi) is 13.3. The second-order valence-electron chi connectivity index (χ2n) is 9.46. The van der Waals surface area contributed by atoms with E-state index < -0.39 is 60.2 Å². The van der Waals surface area contributed by atoms with Crippen LogP contribution < -0.4 is 33.2 Å². The maximum atomic E-state index is 13.5. The fourth-order valence-corrected chi connectivity index (χ4v) is 4.00. The molecule has 10 N–H and O–H groups in total. The minimum Gasteiger partial charge on any atom is -0.480 e. The zero-order valence-electron chi connectivity index (χ0n) is 22.3. The molecule has 0 saturated heterocycles. The lowest BCUT2D eigenvalue weighted by Gasteiger charge is -2.25. The third-order valence-corrected chi connectivity index (χ3v) is 6.15. The highest BCUT2D eigenvalue weighted by atomic mass is 16.4. The third kappa shape index (κ3) is 11.2. The lowest BCUT2D eigenvalue weighted by Crippen LogP contribution is -2.58. The number of amides is 4. The molecule has 0 aliphatic heterocycles. The molecule has 12 nitrogen and oxygen atoms in total. The van der Waals surface area contributed by atoms with E-state index >= 15 is 0 Å². The van der Waals surface area contributed by atoms with Crippen LogP contribution >= 0.6 is 0 Å². The molecule has 2 rings (SSSR count). The third-order valence-electron chi connectivity index (χ3n) is 6.15. The van der Waals surface area contributed by atoms with Crippen LogP contribution in [0.5, 0.6) is 0 Å². The molecule has 2 aromatic rings. The molecule has 40 heavy (non-hydrogen) atoms. The van der Waals surface area contributed by atoms with Crippen LogP contribution in [0.2, 0.25) is 0 Å². The summed E-state index contributed by atoms with van der Waals surface area (Å²) in [6.07, 6.45) is 1.00. The number of carboxylic acids is 1. The van der Waals surface area contributed by atoms with Crippen molar-refractivity contribution in [2.75, 3.05) is 6.54 Å². The van der Waals surface area contributed by atoms with Crippen LogP contribution in [0.4, 0.5) is 0 Å². The minimum atomic E-state index is -1.27. The summed E-state index contributed by atoms with van der Waals surface area (Å²) in [6.45, 7) is 0.393. The number of primary amides is 1. The second-order valence-corrected chi connectivity index (χ2v) is 9.46. The van der Waals surface area contributed by atoms with Crippen LogP contribution in [-0.2, 0) is 36.8 Å². The highest BCUT2D eigenvalue weighted by molar-refractivity contribution is 5.95. The Bertz CT molecular complexity index is 1130. The lowest BCUT2D eigenvalue weighted by molar-refractivity contribution is -0.142. The molecule has 2 aromatic carbocycles. The maximum Gasteiger partial charge on any atom is 0.326 e. The fraction of sp³-hybridized carbons (Fsp3) is 0.393. The summed E-state index contributed by atoms with van der Waals surface area (Å²) in [6, 6.07) is 13.0. The van der Waals surface area contributed by atoms with E-state index in [2.05, 4.69) is 16.0 Å². The Morgan fingerprint density at radius 2 is 1.15 bits per heavy atom. The molecule has 0 aromatic heterocycles. The van der Waals surface area contributed by atoms with Crippen molar-refractivity contribution < 1.29 is 29.1 Å². The van der Waals surface area contributed by atoms with Gasteiger partial charge in [0.2, 0.25) is 23.6 Å². The van der Waals surface area contributed by atoms with Crippen LogP contribution in [0.3, 0.4) is 0 Å². The molecule has 4 unspecified atom stereocenters. The Morgan fingerprint density at radius 1 is 0.700 bits per heavy atom. The number of benzene rings is 2. The maximum absolute atomic E-state index is 13.5. The summed E-state index contributed by atoms with van der Waals surface area (Å²) in [5, 5.41) is 17.4. The summed E-state index contributed by atoms with van der Waals surface area (Å²) < 4.78 is 0. The topological polar surface area (TPSA) is 220 Å². The van der Waals surface area contributed by atoms with Gasteiger partial charge in [-0.2, -0.15) is 0 Å². The van der Waals surface area contributed by atoms with E-state index in [4.69, 9.17) is 17.2 Å². The standard InChI is InChI=1S/C28H38N6O6/c29-14-8-7-13-21(28(39)40)32-26(37)23(16-19-11-5-2-6-12-19)34-27(38)22(15-18-9-3-1-4-10-18)33-25(36)20(30)17-24(31)35/h1-6,9-12,20-23H,7-8,13-17,29-30H2,(H2,31,35)(H,32,37)(H,33,36)(H,34,38)(H,39,40). The number of carbonyl (C=O) groups excluding carboxylic acids is 4. The second kappa shape index (κ2) is 16.6. The van der Waals surface area contributed by atoms with E-state index in [1.807, 2.05) is 0 Å². The molecule has 0 heterocycles. The van der Waals surface area contributed by atoms with Gasteiger partial charge in [0.25, 0.3) is 0 Å².